The lowest BCUT2D eigenvalue weighted by atomic mass is 10.2. The van der Waals surface area contributed by atoms with Crippen molar-refractivity contribution in [3.63, 3.8) is 0 Å². The summed E-state index contributed by atoms with van der Waals surface area (Å²) < 4.78 is 5.59. The molecule has 0 fully saturated rings. The number of para-hydroxylation sites is 1. The molecule has 0 aliphatic heterocycles. The Morgan fingerprint density at radius 3 is 2.76 bits per heavy atom. The van der Waals surface area contributed by atoms with Crippen molar-refractivity contribution in [1.82, 2.24) is 4.90 Å². The number of amidine groups is 1. The van der Waals surface area contributed by atoms with Gasteiger partial charge < -0.3 is 20.3 Å². The van der Waals surface area contributed by atoms with E-state index in [1.54, 1.807) is 11.0 Å². The Labute approximate surface area is 122 Å². The van der Waals surface area contributed by atoms with Gasteiger partial charge in [0, 0.05) is 24.4 Å². The van der Waals surface area contributed by atoms with Gasteiger partial charge in [0.2, 0.25) is 0 Å². The molecule has 21 heavy (non-hydrogen) atoms. The molecule has 112 valence electrons. The molecule has 0 radical (unpaired) electrons. The smallest absolute Gasteiger partial charge is 0.289 e. The van der Waals surface area contributed by atoms with Crippen LogP contribution in [-0.2, 0) is 0 Å². The first kappa shape index (κ1) is 14.9. The van der Waals surface area contributed by atoms with Crippen molar-refractivity contribution in [2.24, 2.45) is 10.9 Å². The Hall–Kier alpha value is -2.50. The second kappa shape index (κ2) is 6.30. The van der Waals surface area contributed by atoms with Crippen molar-refractivity contribution in [3.8, 4) is 0 Å². The maximum atomic E-state index is 12.5. The van der Waals surface area contributed by atoms with Crippen LogP contribution in [0.2, 0.25) is 0 Å². The van der Waals surface area contributed by atoms with Crippen LogP contribution in [0.3, 0.4) is 0 Å². The van der Waals surface area contributed by atoms with E-state index in [2.05, 4.69) is 5.16 Å². The van der Waals surface area contributed by atoms with Crippen LogP contribution in [0, 0.1) is 0 Å². The third-order valence-electron chi connectivity index (χ3n) is 3.26. The van der Waals surface area contributed by atoms with Gasteiger partial charge in [0.25, 0.3) is 5.91 Å². The number of nitrogens with zero attached hydrogens (tertiary/aromatic N) is 2. The first-order valence-electron chi connectivity index (χ1n) is 6.79. The summed E-state index contributed by atoms with van der Waals surface area (Å²) in [5, 5.41) is 12.4. The van der Waals surface area contributed by atoms with Gasteiger partial charge in [-0.05, 0) is 26.0 Å². The number of oxime groups is 1. The Morgan fingerprint density at radius 1 is 1.43 bits per heavy atom. The normalized spacial score (nSPS) is 12.0. The molecule has 0 unspecified atom stereocenters. The lowest BCUT2D eigenvalue weighted by molar-refractivity contribution is 0.0681. The van der Waals surface area contributed by atoms with E-state index in [0.717, 1.165) is 5.39 Å². The number of rotatable bonds is 5. The number of nitrogens with two attached hydrogens (primary N) is 1. The molecule has 0 atom stereocenters. The van der Waals surface area contributed by atoms with E-state index in [1.807, 2.05) is 38.1 Å². The summed E-state index contributed by atoms with van der Waals surface area (Å²) in [6, 6.07) is 9.19. The van der Waals surface area contributed by atoms with Crippen molar-refractivity contribution >= 4 is 22.7 Å². The van der Waals surface area contributed by atoms with Gasteiger partial charge in [0.1, 0.15) is 11.4 Å². The van der Waals surface area contributed by atoms with E-state index in [9.17, 15) is 4.79 Å². The Balaban J connectivity index is 2.21. The minimum Gasteiger partial charge on any atom is -0.451 e. The SMILES string of the molecule is CC(C)N(CCC(N)=NO)C(=O)c1cc2ccccc2o1. The van der Waals surface area contributed by atoms with Gasteiger partial charge in [-0.2, -0.15) is 0 Å². The number of carbonyl (C=O) groups excluding carboxylic acids is 1. The number of hydrogen-bond acceptors (Lipinski definition) is 4. The highest BCUT2D eigenvalue weighted by Crippen LogP contribution is 2.20. The van der Waals surface area contributed by atoms with Crippen LogP contribution in [0.4, 0.5) is 0 Å². The third kappa shape index (κ3) is 3.34. The zero-order valence-electron chi connectivity index (χ0n) is 12.1. The van der Waals surface area contributed by atoms with Crippen molar-refractivity contribution in [3.05, 3.63) is 36.1 Å². The number of hydrogen-bond donors (Lipinski definition) is 2. The molecule has 6 heteroatoms. The molecule has 1 aromatic heterocycles. The average molecular weight is 289 g/mol. The maximum Gasteiger partial charge on any atom is 0.289 e. The van der Waals surface area contributed by atoms with Crippen molar-refractivity contribution < 1.29 is 14.4 Å². The minimum atomic E-state index is -0.202. The Bertz CT molecular complexity index is 628. The van der Waals surface area contributed by atoms with E-state index in [0.29, 0.717) is 24.3 Å². The highest BCUT2D eigenvalue weighted by atomic mass is 16.4. The molecule has 1 aromatic carbocycles. The summed E-state index contributed by atoms with van der Waals surface area (Å²) in [6.45, 7) is 4.18. The van der Waals surface area contributed by atoms with Crippen LogP contribution >= 0.6 is 0 Å². The van der Waals surface area contributed by atoms with Gasteiger partial charge in [-0.1, -0.05) is 23.4 Å². The van der Waals surface area contributed by atoms with Gasteiger partial charge in [-0.3, -0.25) is 4.79 Å². The van der Waals surface area contributed by atoms with Crippen LogP contribution in [0.25, 0.3) is 11.0 Å². The fourth-order valence-corrected chi connectivity index (χ4v) is 2.11. The zero-order valence-corrected chi connectivity index (χ0v) is 12.1. The van der Waals surface area contributed by atoms with Crippen molar-refractivity contribution in [2.45, 2.75) is 26.3 Å². The molecular formula is C15H19N3O3. The summed E-state index contributed by atoms with van der Waals surface area (Å²) in [5.41, 5.74) is 6.14. The molecule has 1 amide bonds. The van der Waals surface area contributed by atoms with E-state index in [4.69, 9.17) is 15.4 Å². The fraction of sp³-hybridized carbons (Fsp3) is 0.333. The van der Waals surface area contributed by atoms with E-state index in [-0.39, 0.29) is 17.8 Å². The first-order chi connectivity index (χ1) is 10.0. The quantitative estimate of drug-likeness (QED) is 0.382. The Morgan fingerprint density at radius 2 is 2.14 bits per heavy atom. The predicted molar refractivity (Wildman–Crippen MR) is 80.4 cm³/mol. The lowest BCUT2D eigenvalue weighted by Crippen LogP contribution is -2.39. The minimum absolute atomic E-state index is 0.0165. The second-order valence-electron chi connectivity index (χ2n) is 5.08. The summed E-state index contributed by atoms with van der Waals surface area (Å²) in [7, 11) is 0. The van der Waals surface area contributed by atoms with Gasteiger partial charge in [0.05, 0.1) is 0 Å². The van der Waals surface area contributed by atoms with Crippen LogP contribution in [-0.4, -0.2) is 34.4 Å². The fourth-order valence-electron chi connectivity index (χ4n) is 2.11. The van der Waals surface area contributed by atoms with Gasteiger partial charge >= 0.3 is 0 Å². The van der Waals surface area contributed by atoms with Crippen molar-refractivity contribution in [1.29, 1.82) is 0 Å². The second-order valence-corrected chi connectivity index (χ2v) is 5.08. The molecule has 6 nitrogen and oxygen atoms in total. The summed E-state index contributed by atoms with van der Waals surface area (Å²) >= 11 is 0. The number of amides is 1. The summed E-state index contributed by atoms with van der Waals surface area (Å²) in [6.07, 6.45) is 0.306. The number of fused-ring (bicyclic) bond motifs is 1. The van der Waals surface area contributed by atoms with E-state index >= 15 is 0 Å². The van der Waals surface area contributed by atoms with Crippen molar-refractivity contribution in [2.75, 3.05) is 6.54 Å². The Kier molecular flexibility index (Phi) is 4.47. The van der Waals surface area contributed by atoms with Crippen LogP contribution in [0.1, 0.15) is 30.8 Å². The number of carbonyl (C=O) groups is 1. The first-order valence-corrected chi connectivity index (χ1v) is 6.79. The van der Waals surface area contributed by atoms with Crippen LogP contribution in [0.15, 0.2) is 39.9 Å². The van der Waals surface area contributed by atoms with E-state index in [1.165, 1.54) is 0 Å². The zero-order chi connectivity index (χ0) is 15.4. The summed E-state index contributed by atoms with van der Waals surface area (Å²) in [4.78, 5) is 14.2. The van der Waals surface area contributed by atoms with E-state index < -0.39 is 0 Å². The molecule has 0 saturated heterocycles. The van der Waals surface area contributed by atoms with Gasteiger partial charge in [-0.25, -0.2) is 0 Å². The highest BCUT2D eigenvalue weighted by Gasteiger charge is 2.22. The number of furan rings is 1. The highest BCUT2D eigenvalue weighted by molar-refractivity contribution is 5.96. The standard InChI is InChI=1S/C15H19N3O3/c1-10(2)18(8-7-14(16)17-20)15(19)13-9-11-5-3-4-6-12(11)21-13/h3-6,9-10,20H,7-8H2,1-2H3,(H2,16,17). The molecule has 0 saturated carbocycles. The molecule has 0 spiro atoms. The lowest BCUT2D eigenvalue weighted by Gasteiger charge is -2.25. The molecule has 2 rings (SSSR count). The molecule has 1 heterocycles. The monoisotopic (exact) mass is 289 g/mol. The topological polar surface area (TPSA) is 92.1 Å². The molecule has 2 aromatic rings. The molecule has 0 aliphatic carbocycles. The van der Waals surface area contributed by atoms with Crippen LogP contribution in [0.5, 0.6) is 0 Å². The molecule has 0 bridgehead atoms. The van der Waals surface area contributed by atoms with Crippen LogP contribution < -0.4 is 5.73 Å². The summed E-state index contributed by atoms with van der Waals surface area (Å²) in [5.74, 6) is 0.189. The average Bonchev–Trinajstić information content (AvgIpc) is 2.90. The predicted octanol–water partition coefficient (Wildman–Crippen LogP) is 2.42. The molecule has 3 N–H and O–H groups in total. The molecule has 0 aliphatic rings. The van der Waals surface area contributed by atoms with Gasteiger partial charge in [0.15, 0.2) is 5.76 Å². The van der Waals surface area contributed by atoms with Gasteiger partial charge in [-0.15, -0.1) is 0 Å². The third-order valence-corrected chi connectivity index (χ3v) is 3.26. The maximum absolute atomic E-state index is 12.5. The largest absolute Gasteiger partial charge is 0.451 e. The number of benzene rings is 1. The molecular weight excluding hydrogens is 270 g/mol.